The topological polar surface area (TPSA) is 82.8 Å². The van der Waals surface area contributed by atoms with Gasteiger partial charge >= 0.3 is 0 Å². The number of imidazole rings is 1. The van der Waals surface area contributed by atoms with Crippen LogP contribution in [0.25, 0.3) is 5.69 Å². The second-order valence-corrected chi connectivity index (χ2v) is 8.59. The zero-order chi connectivity index (χ0) is 25.8. The largest absolute Gasteiger partial charge is 0.395 e. The molecule has 5 rings (SSSR count). The molecule has 7 nitrogen and oxygen atoms in total. The third-order valence-electron chi connectivity index (χ3n) is 5.99. The van der Waals surface area contributed by atoms with Gasteiger partial charge in [0.05, 0.1) is 47.7 Å². The van der Waals surface area contributed by atoms with Crippen molar-refractivity contribution in [3.05, 3.63) is 102 Å². The molecule has 0 radical (unpaired) electrons. The molecule has 1 aliphatic heterocycles. The first-order chi connectivity index (χ1) is 18.0. The summed E-state index contributed by atoms with van der Waals surface area (Å²) in [6, 6.07) is 17.4. The smallest absolute Gasteiger partial charge is 0.230 e. The lowest BCUT2D eigenvalue weighted by Crippen LogP contribution is -2.22. The van der Waals surface area contributed by atoms with Crippen LogP contribution < -0.4 is 10.2 Å². The van der Waals surface area contributed by atoms with Crippen molar-refractivity contribution in [3.8, 4) is 17.5 Å². The average Bonchev–Trinajstić information content (AvgIpc) is 3.39. The maximum absolute atomic E-state index is 13.3. The minimum absolute atomic E-state index is 0.0370. The van der Waals surface area contributed by atoms with E-state index in [4.69, 9.17) is 4.99 Å². The van der Waals surface area contributed by atoms with Gasteiger partial charge in [-0.1, -0.05) is 24.0 Å². The summed E-state index contributed by atoms with van der Waals surface area (Å²) in [5.41, 5.74) is 5.61. The first-order valence-corrected chi connectivity index (χ1v) is 11.7. The number of halogens is 1. The molecule has 8 heteroatoms. The summed E-state index contributed by atoms with van der Waals surface area (Å²) in [5.74, 6) is 5.68. The summed E-state index contributed by atoms with van der Waals surface area (Å²) in [7, 11) is 1.86. The molecule has 0 unspecified atom stereocenters. The first-order valence-electron chi connectivity index (χ1n) is 11.7. The van der Waals surface area contributed by atoms with E-state index < -0.39 is 0 Å². The first kappa shape index (κ1) is 24.0. The van der Waals surface area contributed by atoms with Gasteiger partial charge in [-0.25, -0.2) is 9.37 Å². The second kappa shape index (κ2) is 10.5. The van der Waals surface area contributed by atoms with Gasteiger partial charge in [0.2, 0.25) is 5.91 Å². The van der Waals surface area contributed by atoms with Crippen molar-refractivity contribution in [2.45, 2.75) is 6.42 Å². The van der Waals surface area contributed by atoms with E-state index in [1.54, 1.807) is 30.7 Å². The van der Waals surface area contributed by atoms with Crippen LogP contribution in [-0.2, 0) is 4.79 Å². The summed E-state index contributed by atoms with van der Waals surface area (Å²) in [5, 5.41) is 12.5. The summed E-state index contributed by atoms with van der Waals surface area (Å²) >= 11 is 0. The maximum atomic E-state index is 13.3. The number of benzene rings is 3. The van der Waals surface area contributed by atoms with Gasteiger partial charge in [0.15, 0.2) is 0 Å². The van der Waals surface area contributed by atoms with E-state index in [1.165, 1.54) is 12.1 Å². The highest BCUT2D eigenvalue weighted by atomic mass is 19.1. The fourth-order valence-electron chi connectivity index (χ4n) is 4.08. The summed E-state index contributed by atoms with van der Waals surface area (Å²) < 4.78 is 15.2. The third-order valence-corrected chi connectivity index (χ3v) is 5.99. The molecule has 0 bridgehead atoms. The molecule has 0 saturated heterocycles. The monoisotopic (exact) mass is 493 g/mol. The molecule has 0 fully saturated rings. The maximum Gasteiger partial charge on any atom is 0.230 e. The molecule has 1 amide bonds. The van der Waals surface area contributed by atoms with Crippen LogP contribution in [0.4, 0.5) is 21.5 Å². The molecule has 4 aromatic rings. The molecule has 37 heavy (non-hydrogen) atoms. The molecule has 2 heterocycles. The Hall–Kier alpha value is -4.74. The van der Waals surface area contributed by atoms with Gasteiger partial charge in [-0.2, -0.15) is 0 Å². The number of rotatable bonds is 5. The molecular formula is C29H24FN5O2. The van der Waals surface area contributed by atoms with Crippen LogP contribution in [0.2, 0.25) is 0 Å². The number of aliphatic imine (C=N–C) groups is 1. The number of carbonyl (C=O) groups excluding carboxylic acids is 1. The molecule has 0 spiro atoms. The van der Waals surface area contributed by atoms with Crippen LogP contribution in [0.1, 0.15) is 23.1 Å². The van der Waals surface area contributed by atoms with E-state index in [0.29, 0.717) is 34.8 Å². The normalized spacial score (nSPS) is 12.5. The van der Waals surface area contributed by atoms with Gasteiger partial charge in [0.25, 0.3) is 0 Å². The van der Waals surface area contributed by atoms with Gasteiger partial charge in [0.1, 0.15) is 5.82 Å². The third kappa shape index (κ3) is 5.42. The number of aliphatic hydroxyl groups excluding tert-OH is 1. The van der Waals surface area contributed by atoms with Crippen molar-refractivity contribution in [1.29, 1.82) is 0 Å². The van der Waals surface area contributed by atoms with Crippen LogP contribution in [0.3, 0.4) is 0 Å². The van der Waals surface area contributed by atoms with Gasteiger partial charge in [-0.15, -0.1) is 0 Å². The molecular weight excluding hydrogens is 469 g/mol. The second-order valence-electron chi connectivity index (χ2n) is 8.59. The van der Waals surface area contributed by atoms with E-state index in [-0.39, 0.29) is 24.8 Å². The zero-order valence-corrected chi connectivity index (χ0v) is 20.1. The van der Waals surface area contributed by atoms with Crippen molar-refractivity contribution in [2.24, 2.45) is 4.99 Å². The van der Waals surface area contributed by atoms with Crippen LogP contribution in [0, 0.1) is 17.7 Å². The Balaban J connectivity index is 1.59. The minimum Gasteiger partial charge on any atom is -0.395 e. The summed E-state index contributed by atoms with van der Waals surface area (Å²) in [6.07, 6.45) is 5.39. The van der Waals surface area contributed by atoms with E-state index in [9.17, 15) is 14.3 Å². The molecule has 184 valence electrons. The summed E-state index contributed by atoms with van der Waals surface area (Å²) in [6.45, 7) is 0.352. The highest BCUT2D eigenvalue weighted by Gasteiger charge is 2.20. The quantitative estimate of drug-likeness (QED) is 0.406. The fraction of sp³-hybridized carbons (Fsp3) is 0.138. The van der Waals surface area contributed by atoms with E-state index in [1.807, 2.05) is 53.0 Å². The average molecular weight is 494 g/mol. The van der Waals surface area contributed by atoms with Gasteiger partial charge in [-0.3, -0.25) is 9.79 Å². The molecule has 0 aliphatic carbocycles. The SMILES string of the molecule is CN(CCO)c1cc2c(cc1C#Cc1ccc(F)cc1)NC(=O)CC(c1cccc(-n3ccnc3)c1)=N2. The Bertz CT molecular complexity index is 1530. The van der Waals surface area contributed by atoms with Crippen LogP contribution >= 0.6 is 0 Å². The Morgan fingerprint density at radius 3 is 2.73 bits per heavy atom. The van der Waals surface area contributed by atoms with Crippen LogP contribution in [-0.4, -0.2) is 46.5 Å². The van der Waals surface area contributed by atoms with Crippen molar-refractivity contribution in [2.75, 3.05) is 30.4 Å². The molecule has 0 atom stereocenters. The predicted octanol–water partition coefficient (Wildman–Crippen LogP) is 4.30. The van der Waals surface area contributed by atoms with E-state index in [0.717, 1.165) is 16.9 Å². The number of carbonyl (C=O) groups is 1. The lowest BCUT2D eigenvalue weighted by molar-refractivity contribution is -0.115. The lowest BCUT2D eigenvalue weighted by Gasteiger charge is -2.21. The zero-order valence-electron chi connectivity index (χ0n) is 20.1. The van der Waals surface area contributed by atoms with Gasteiger partial charge in [0, 0.05) is 37.2 Å². The van der Waals surface area contributed by atoms with Gasteiger partial charge in [-0.05, 0) is 54.1 Å². The number of fused-ring (bicyclic) bond motifs is 1. The number of likely N-dealkylation sites (N-methyl/N-ethyl adjacent to an activating group) is 1. The Labute approximate surface area is 213 Å². The number of hydrogen-bond acceptors (Lipinski definition) is 5. The number of amides is 1. The number of nitrogens with zero attached hydrogens (tertiary/aromatic N) is 4. The molecule has 0 saturated carbocycles. The number of anilines is 2. The molecule has 3 aromatic carbocycles. The Kier molecular flexibility index (Phi) is 6.79. The number of aliphatic hydroxyl groups is 1. The van der Waals surface area contributed by atoms with Gasteiger partial charge < -0.3 is 19.9 Å². The molecule has 2 N–H and O–H groups in total. The Morgan fingerprint density at radius 2 is 1.97 bits per heavy atom. The van der Waals surface area contributed by atoms with E-state index in [2.05, 4.69) is 22.1 Å². The van der Waals surface area contributed by atoms with Crippen molar-refractivity contribution in [1.82, 2.24) is 9.55 Å². The van der Waals surface area contributed by atoms with Crippen molar-refractivity contribution < 1.29 is 14.3 Å². The van der Waals surface area contributed by atoms with Crippen LogP contribution in [0.15, 0.2) is 84.4 Å². The minimum atomic E-state index is -0.328. The number of hydrogen-bond donors (Lipinski definition) is 2. The highest BCUT2D eigenvalue weighted by molar-refractivity contribution is 6.17. The predicted molar refractivity (Wildman–Crippen MR) is 142 cm³/mol. The summed E-state index contributed by atoms with van der Waals surface area (Å²) in [4.78, 5) is 23.7. The van der Waals surface area contributed by atoms with Crippen molar-refractivity contribution in [3.63, 3.8) is 0 Å². The highest BCUT2D eigenvalue weighted by Crippen LogP contribution is 2.36. The number of aromatic nitrogens is 2. The molecule has 1 aliphatic rings. The Morgan fingerprint density at radius 1 is 1.14 bits per heavy atom. The standard InChI is InChI=1S/C29H24FN5O2/c1-34(13-14-36)28-17-27-26(16-22(28)8-5-20-6-9-23(30)10-7-20)33-29(37)18-25(32-27)21-3-2-4-24(15-21)35-12-11-31-19-35/h2-4,6-7,9-12,15-17,19,36H,13-14,18H2,1H3,(H,33,37). The van der Waals surface area contributed by atoms with Crippen LogP contribution in [0.5, 0.6) is 0 Å². The fourth-order valence-corrected chi connectivity index (χ4v) is 4.08. The van der Waals surface area contributed by atoms with Crippen molar-refractivity contribution >= 4 is 28.7 Å². The number of nitrogens with one attached hydrogen (secondary N) is 1. The lowest BCUT2D eigenvalue weighted by atomic mass is 10.1. The molecule has 1 aromatic heterocycles. The van der Waals surface area contributed by atoms with E-state index >= 15 is 0 Å².